The van der Waals surface area contributed by atoms with E-state index in [2.05, 4.69) is 0 Å². The van der Waals surface area contributed by atoms with Crippen LogP contribution in [0.4, 0.5) is 5.69 Å². The summed E-state index contributed by atoms with van der Waals surface area (Å²) in [6.45, 7) is 3.10. The summed E-state index contributed by atoms with van der Waals surface area (Å²) in [5, 5.41) is 9.08. The molecule has 2 aromatic carbocycles. The van der Waals surface area contributed by atoms with Gasteiger partial charge in [-0.1, -0.05) is 23.8 Å². The molecule has 2 amide bonds. The van der Waals surface area contributed by atoms with Crippen molar-refractivity contribution >= 4 is 34.9 Å². The summed E-state index contributed by atoms with van der Waals surface area (Å²) in [7, 11) is 0. The predicted molar refractivity (Wildman–Crippen MR) is 149 cm³/mol. The van der Waals surface area contributed by atoms with E-state index >= 15 is 0 Å². The molecule has 41 heavy (non-hydrogen) atoms. The highest BCUT2D eigenvalue weighted by molar-refractivity contribution is 6.25. The van der Waals surface area contributed by atoms with Crippen molar-refractivity contribution in [2.24, 2.45) is 17.8 Å². The molecule has 8 heteroatoms. The number of aliphatic hydroxyl groups is 1. The van der Waals surface area contributed by atoms with Gasteiger partial charge in [-0.2, -0.15) is 0 Å². The van der Waals surface area contributed by atoms with Gasteiger partial charge in [0, 0.05) is 28.2 Å². The molecule has 1 aliphatic heterocycles. The van der Waals surface area contributed by atoms with E-state index in [1.165, 1.54) is 17.9 Å². The first-order valence-corrected chi connectivity index (χ1v) is 13.7. The average Bonchev–Trinajstić information content (AvgIpc) is 3.23. The third-order valence-electron chi connectivity index (χ3n) is 8.67. The van der Waals surface area contributed by atoms with E-state index in [-0.39, 0.29) is 48.8 Å². The molecule has 0 bridgehead atoms. The fraction of sp³-hybridized carbons (Fsp3) is 0.303. The number of imide groups is 1. The molecule has 0 unspecified atom stereocenters. The summed E-state index contributed by atoms with van der Waals surface area (Å²) in [4.78, 5) is 67.3. The van der Waals surface area contributed by atoms with Gasteiger partial charge < -0.3 is 9.84 Å². The van der Waals surface area contributed by atoms with Crippen LogP contribution in [-0.4, -0.2) is 47.5 Å². The molecule has 8 nitrogen and oxygen atoms in total. The second-order valence-corrected chi connectivity index (χ2v) is 11.0. The van der Waals surface area contributed by atoms with Gasteiger partial charge >= 0.3 is 0 Å². The zero-order valence-electron chi connectivity index (χ0n) is 22.8. The number of anilines is 1. The Morgan fingerprint density at radius 1 is 0.976 bits per heavy atom. The molecule has 1 fully saturated rings. The molecule has 6 rings (SSSR count). The SMILES string of the molecule is CC(=O)c1ccc(N2C(=O)[C@H]3[C@H](CC=C4[C@H](c5ccc(OCCO)cc5)C5=C(C[C@H]43)C(=O)C(C)=CC5=O)C2=O)cc1. The first-order chi connectivity index (χ1) is 19.7. The molecule has 4 aliphatic rings. The molecule has 208 valence electrons. The van der Waals surface area contributed by atoms with Crippen LogP contribution < -0.4 is 9.64 Å². The first kappa shape index (κ1) is 26.8. The molecule has 0 spiro atoms. The molecular formula is C33H29NO7. The fourth-order valence-corrected chi connectivity index (χ4v) is 6.78. The van der Waals surface area contributed by atoms with Gasteiger partial charge in [0.1, 0.15) is 12.4 Å². The number of ketones is 3. The van der Waals surface area contributed by atoms with Gasteiger partial charge in [0.25, 0.3) is 0 Å². The van der Waals surface area contributed by atoms with Crippen molar-refractivity contribution in [3.05, 3.63) is 94.1 Å². The Balaban J connectivity index is 1.41. The molecule has 1 heterocycles. The minimum atomic E-state index is -0.673. The quantitative estimate of drug-likeness (QED) is 0.250. The van der Waals surface area contributed by atoms with Gasteiger partial charge in [0.15, 0.2) is 17.3 Å². The number of amides is 2. The number of carbonyl (C=O) groups excluding carboxylic acids is 5. The summed E-state index contributed by atoms with van der Waals surface area (Å²) in [5.74, 6) is -2.82. The van der Waals surface area contributed by atoms with E-state index in [0.717, 1.165) is 11.1 Å². The highest BCUT2D eigenvalue weighted by Gasteiger charge is 2.56. The molecule has 2 aromatic rings. The van der Waals surface area contributed by atoms with Gasteiger partial charge in [-0.05, 0) is 80.6 Å². The van der Waals surface area contributed by atoms with Crippen molar-refractivity contribution in [1.29, 1.82) is 0 Å². The zero-order valence-corrected chi connectivity index (χ0v) is 22.8. The van der Waals surface area contributed by atoms with Gasteiger partial charge in [-0.15, -0.1) is 0 Å². The van der Waals surface area contributed by atoms with Crippen molar-refractivity contribution in [2.45, 2.75) is 32.6 Å². The molecule has 0 aromatic heterocycles. The largest absolute Gasteiger partial charge is 0.491 e. The Morgan fingerprint density at radius 2 is 1.68 bits per heavy atom. The molecule has 3 aliphatic carbocycles. The molecular weight excluding hydrogens is 522 g/mol. The van der Waals surface area contributed by atoms with Crippen LogP contribution in [0.25, 0.3) is 0 Å². The molecule has 4 atom stereocenters. The normalized spacial score (nSPS) is 25.4. The van der Waals surface area contributed by atoms with E-state index in [9.17, 15) is 24.0 Å². The number of allylic oxidation sites excluding steroid dienone is 6. The van der Waals surface area contributed by atoms with E-state index in [1.807, 2.05) is 18.2 Å². The van der Waals surface area contributed by atoms with Crippen LogP contribution in [0.15, 0.2) is 83.0 Å². The first-order valence-electron chi connectivity index (χ1n) is 13.7. The maximum absolute atomic E-state index is 14.0. The highest BCUT2D eigenvalue weighted by Crippen LogP contribution is 2.55. The molecule has 1 saturated heterocycles. The second kappa shape index (κ2) is 10.2. The molecule has 1 N–H and O–H groups in total. The Labute approximate surface area is 237 Å². The number of hydrogen-bond acceptors (Lipinski definition) is 7. The lowest BCUT2D eigenvalue weighted by Gasteiger charge is -2.42. The summed E-state index contributed by atoms with van der Waals surface area (Å²) in [6.07, 6.45) is 3.92. The van der Waals surface area contributed by atoms with Crippen molar-refractivity contribution in [1.82, 2.24) is 0 Å². The number of carbonyl (C=O) groups is 5. The summed E-state index contributed by atoms with van der Waals surface area (Å²) < 4.78 is 5.51. The minimum Gasteiger partial charge on any atom is -0.491 e. The van der Waals surface area contributed by atoms with Crippen LogP contribution in [0.3, 0.4) is 0 Å². The molecule has 0 saturated carbocycles. The number of benzene rings is 2. The Kier molecular flexibility index (Phi) is 6.66. The van der Waals surface area contributed by atoms with E-state index < -0.39 is 23.7 Å². The molecule has 0 radical (unpaired) electrons. The summed E-state index contributed by atoms with van der Waals surface area (Å²) >= 11 is 0. The van der Waals surface area contributed by atoms with Crippen LogP contribution in [-0.2, 0) is 19.2 Å². The Hall–Kier alpha value is -4.43. The lowest BCUT2D eigenvalue weighted by molar-refractivity contribution is -0.123. The summed E-state index contributed by atoms with van der Waals surface area (Å²) in [5.41, 5.74) is 3.76. The number of nitrogens with zero attached hydrogens (tertiary/aromatic N) is 1. The number of rotatable bonds is 6. The highest BCUT2D eigenvalue weighted by atomic mass is 16.5. The van der Waals surface area contributed by atoms with E-state index in [4.69, 9.17) is 9.84 Å². The van der Waals surface area contributed by atoms with Crippen LogP contribution in [0.2, 0.25) is 0 Å². The predicted octanol–water partition coefficient (Wildman–Crippen LogP) is 3.89. The summed E-state index contributed by atoms with van der Waals surface area (Å²) in [6, 6.07) is 13.6. The van der Waals surface area contributed by atoms with Crippen molar-refractivity contribution < 1.29 is 33.8 Å². The number of hydrogen-bond donors (Lipinski definition) is 1. The number of aliphatic hydroxyl groups excluding tert-OH is 1. The van der Waals surface area contributed by atoms with Crippen molar-refractivity contribution in [2.75, 3.05) is 18.1 Å². The minimum absolute atomic E-state index is 0.112. The topological polar surface area (TPSA) is 118 Å². The maximum Gasteiger partial charge on any atom is 0.238 e. The Morgan fingerprint density at radius 3 is 2.34 bits per heavy atom. The van der Waals surface area contributed by atoms with Gasteiger partial charge in [0.05, 0.1) is 24.1 Å². The van der Waals surface area contributed by atoms with Crippen LogP contribution in [0.1, 0.15) is 48.5 Å². The van der Waals surface area contributed by atoms with Gasteiger partial charge in [-0.25, -0.2) is 0 Å². The van der Waals surface area contributed by atoms with Crippen molar-refractivity contribution in [3.8, 4) is 5.75 Å². The zero-order chi connectivity index (χ0) is 29.0. The lowest BCUT2D eigenvalue weighted by atomic mass is 9.59. The number of fused-ring (bicyclic) bond motifs is 3. The number of Topliss-reactive ketones (excluding diaryl/α,β-unsaturated/α-hetero) is 2. The third kappa shape index (κ3) is 4.30. The van der Waals surface area contributed by atoms with Crippen molar-refractivity contribution in [3.63, 3.8) is 0 Å². The lowest BCUT2D eigenvalue weighted by Crippen LogP contribution is -2.39. The van der Waals surface area contributed by atoms with Crippen LogP contribution >= 0.6 is 0 Å². The maximum atomic E-state index is 14.0. The Bertz CT molecular complexity index is 1590. The third-order valence-corrected chi connectivity index (χ3v) is 8.67. The monoisotopic (exact) mass is 551 g/mol. The van der Waals surface area contributed by atoms with E-state index in [0.29, 0.717) is 40.1 Å². The van der Waals surface area contributed by atoms with E-state index in [1.54, 1.807) is 43.3 Å². The van der Waals surface area contributed by atoms with Crippen LogP contribution in [0, 0.1) is 17.8 Å². The number of ether oxygens (including phenoxy) is 1. The van der Waals surface area contributed by atoms with Gasteiger partial charge in [-0.3, -0.25) is 28.9 Å². The second-order valence-electron chi connectivity index (χ2n) is 11.0. The standard InChI is InChI=1S/C33H29NO7/c1-17-15-27(37)30-26(31(17)38)16-25-23(28(30)20-5-9-22(10-6-20)41-14-13-35)11-12-24-29(25)33(40)34(32(24)39)21-7-3-19(4-8-21)18(2)36/h3-11,15,24-25,28-29,35H,12-14,16H2,1-2H3/t24-,25+,28-,29-/m0/s1. The van der Waals surface area contributed by atoms with Crippen LogP contribution in [0.5, 0.6) is 5.75 Å². The average molecular weight is 552 g/mol. The smallest absolute Gasteiger partial charge is 0.238 e. The fourth-order valence-electron chi connectivity index (χ4n) is 6.78. The van der Waals surface area contributed by atoms with Gasteiger partial charge in [0.2, 0.25) is 11.8 Å².